The largest absolute Gasteiger partial charge is 0.463 e. The smallest absolute Gasteiger partial charge is 0.330 e. The highest BCUT2D eigenvalue weighted by Gasteiger charge is 1.86. The third-order valence-corrected chi connectivity index (χ3v) is 2.20. The van der Waals surface area contributed by atoms with Crippen molar-refractivity contribution in [2.24, 2.45) is 0 Å². The van der Waals surface area contributed by atoms with E-state index in [1.54, 1.807) is 21.1 Å². The number of hydrogen-bond acceptors (Lipinski definition) is 4. The van der Waals surface area contributed by atoms with Crippen molar-refractivity contribution in [2.45, 2.75) is 48.5 Å². The summed E-state index contributed by atoms with van der Waals surface area (Å²) in [5, 5.41) is 0. The van der Waals surface area contributed by atoms with Gasteiger partial charge >= 0.3 is 5.97 Å². The van der Waals surface area contributed by atoms with Gasteiger partial charge in [-0.1, -0.05) is 84.5 Å². The molecule has 0 saturated carbocycles. The number of esters is 1. The zero-order valence-corrected chi connectivity index (χ0v) is 19.0. The van der Waals surface area contributed by atoms with E-state index in [2.05, 4.69) is 41.8 Å². The van der Waals surface area contributed by atoms with Crippen LogP contribution in [-0.4, -0.2) is 51.8 Å². The van der Waals surface area contributed by atoms with E-state index in [1.165, 1.54) is 0 Å². The van der Waals surface area contributed by atoms with Crippen LogP contribution in [0.15, 0.2) is 49.1 Å². The Morgan fingerprint density at radius 2 is 1.15 bits per heavy atom. The second-order valence-electron chi connectivity index (χ2n) is 4.01. The van der Waals surface area contributed by atoms with Crippen LogP contribution in [0.25, 0.3) is 0 Å². The minimum Gasteiger partial charge on any atom is -0.463 e. The van der Waals surface area contributed by atoms with Gasteiger partial charge in [0.1, 0.15) is 0 Å². The highest BCUT2D eigenvalue weighted by molar-refractivity contribution is 5.81. The van der Waals surface area contributed by atoms with Gasteiger partial charge < -0.3 is 14.4 Å². The summed E-state index contributed by atoms with van der Waals surface area (Å²) in [5.74, 6) is -0.359. The Balaban J connectivity index is -0.0000000725. The molecule has 0 heterocycles. The molecular weight excluding hydrogens is 326 g/mol. The summed E-state index contributed by atoms with van der Waals surface area (Å²) < 4.78 is 8.68. The van der Waals surface area contributed by atoms with Gasteiger partial charge in [-0.2, -0.15) is 0 Å². The van der Waals surface area contributed by atoms with E-state index in [9.17, 15) is 4.79 Å². The molecule has 1 rings (SSSR count). The number of nitrogens with zero attached hydrogens (tertiary/aromatic N) is 1. The van der Waals surface area contributed by atoms with Gasteiger partial charge in [0.15, 0.2) is 0 Å². The molecule has 0 radical (unpaired) electrons. The lowest BCUT2D eigenvalue weighted by atomic mass is 10.4. The van der Waals surface area contributed by atoms with Crippen LogP contribution in [0.1, 0.15) is 48.5 Å². The maximum atomic E-state index is 10.1. The predicted octanol–water partition coefficient (Wildman–Crippen LogP) is 5.70. The summed E-state index contributed by atoms with van der Waals surface area (Å²) in [7, 11) is 5.36. The van der Waals surface area contributed by atoms with Crippen LogP contribution < -0.4 is 0 Å². The Labute approximate surface area is 164 Å². The van der Waals surface area contributed by atoms with Crippen molar-refractivity contribution < 1.29 is 14.3 Å². The normalized spacial score (nSPS) is 7.35. The lowest BCUT2D eigenvalue weighted by molar-refractivity contribution is -0.137. The molecule has 0 saturated heterocycles. The number of methoxy groups -OCH3 is 1. The molecule has 0 bridgehead atoms. The van der Waals surface area contributed by atoms with E-state index < -0.39 is 0 Å². The van der Waals surface area contributed by atoms with E-state index in [1.807, 2.05) is 64.1 Å². The maximum Gasteiger partial charge on any atom is 0.330 e. The van der Waals surface area contributed by atoms with Crippen LogP contribution in [0.5, 0.6) is 0 Å². The van der Waals surface area contributed by atoms with Crippen LogP contribution >= 0.6 is 0 Å². The van der Waals surface area contributed by atoms with Gasteiger partial charge in [-0.05, 0) is 27.1 Å². The highest BCUT2D eigenvalue weighted by atomic mass is 16.5. The van der Waals surface area contributed by atoms with E-state index in [0.717, 1.165) is 19.2 Å². The molecule has 0 spiro atoms. The Morgan fingerprint density at radius 3 is 1.23 bits per heavy atom. The molecule has 1 aromatic carbocycles. The molecule has 26 heavy (non-hydrogen) atoms. The molecule has 0 amide bonds. The Kier molecular flexibility index (Phi) is 59.5. The van der Waals surface area contributed by atoms with Gasteiger partial charge in [0.05, 0.1) is 6.61 Å². The van der Waals surface area contributed by atoms with E-state index >= 15 is 0 Å². The van der Waals surface area contributed by atoms with Crippen LogP contribution in [0.3, 0.4) is 0 Å². The van der Waals surface area contributed by atoms with Gasteiger partial charge in [0.2, 0.25) is 0 Å². The molecule has 0 unspecified atom stereocenters. The van der Waals surface area contributed by atoms with Crippen molar-refractivity contribution in [3.8, 4) is 0 Å². The summed E-state index contributed by atoms with van der Waals surface area (Å²) in [6.45, 7) is 20.0. The molecule has 1 aromatic rings. The second kappa shape index (κ2) is 43.6. The topological polar surface area (TPSA) is 38.8 Å². The number of rotatable bonds is 4. The van der Waals surface area contributed by atoms with Gasteiger partial charge in [0.25, 0.3) is 0 Å². The van der Waals surface area contributed by atoms with Crippen LogP contribution in [0.2, 0.25) is 0 Å². The fraction of sp³-hybridized carbons (Fsp3) is 0.591. The fourth-order valence-corrected chi connectivity index (χ4v) is 0.810. The number of carbonyl (C=O) groups excluding carboxylic acids is 1. The van der Waals surface area contributed by atoms with Gasteiger partial charge in [-0.15, -0.1) is 0 Å². The molecular formula is C22H45NO3. The van der Waals surface area contributed by atoms with Crippen molar-refractivity contribution in [1.82, 2.24) is 4.90 Å². The molecule has 0 aliphatic carbocycles. The van der Waals surface area contributed by atoms with Crippen LogP contribution in [-0.2, 0) is 14.3 Å². The number of carbonyl (C=O) groups is 1. The second-order valence-corrected chi connectivity index (χ2v) is 4.01. The lowest BCUT2D eigenvalue weighted by Gasteiger charge is -2.07. The summed E-state index contributed by atoms with van der Waals surface area (Å²) in [4.78, 5) is 12.3. The predicted molar refractivity (Wildman–Crippen MR) is 118 cm³/mol. The summed E-state index contributed by atoms with van der Waals surface area (Å²) in [6.07, 6.45) is 1.14. The minimum absolute atomic E-state index is 0.359. The number of ether oxygens (including phenoxy) is 2. The Morgan fingerprint density at radius 1 is 0.885 bits per heavy atom. The van der Waals surface area contributed by atoms with Gasteiger partial charge in [-0.3, -0.25) is 0 Å². The molecule has 0 aromatic heterocycles. The van der Waals surface area contributed by atoms with Crippen molar-refractivity contribution in [3.05, 3.63) is 49.1 Å². The van der Waals surface area contributed by atoms with Gasteiger partial charge in [-0.25, -0.2) is 4.79 Å². The zero-order chi connectivity index (χ0) is 21.6. The summed E-state index contributed by atoms with van der Waals surface area (Å²) in [6, 6.07) is 12.0. The quantitative estimate of drug-likeness (QED) is 0.503. The molecule has 0 atom stereocenters. The standard InChI is InChI=1S/C6H6.C5H13N.C5H8O2.C2H6O.2C2H6/c1-2-4-6-5-3-1;1-4-6(3)5-2;1-3-5(6)7-4-2;1-3-2;2*1-2/h1-6H;4-5H2,1-3H3;3H,1,4H2,2H3;1-2H3;2*1-2H3. The highest BCUT2D eigenvalue weighted by Crippen LogP contribution is 1.80. The third-order valence-electron chi connectivity index (χ3n) is 2.20. The van der Waals surface area contributed by atoms with Crippen LogP contribution in [0.4, 0.5) is 0 Å². The number of hydrogen-bond donors (Lipinski definition) is 0. The summed E-state index contributed by atoms with van der Waals surface area (Å²) >= 11 is 0. The molecule has 0 fully saturated rings. The van der Waals surface area contributed by atoms with Crippen molar-refractivity contribution in [1.29, 1.82) is 0 Å². The first-order valence-corrected chi connectivity index (χ1v) is 9.41. The van der Waals surface area contributed by atoms with Gasteiger partial charge in [0, 0.05) is 20.3 Å². The molecule has 0 aliphatic rings. The van der Waals surface area contributed by atoms with Crippen molar-refractivity contribution in [2.75, 3.05) is 41.0 Å². The van der Waals surface area contributed by atoms with E-state index in [4.69, 9.17) is 0 Å². The summed E-state index contributed by atoms with van der Waals surface area (Å²) in [5.41, 5.74) is 0. The molecule has 0 aliphatic heterocycles. The van der Waals surface area contributed by atoms with E-state index in [0.29, 0.717) is 6.61 Å². The Hall–Kier alpha value is -1.65. The monoisotopic (exact) mass is 371 g/mol. The average molecular weight is 372 g/mol. The first kappa shape index (κ1) is 35.5. The lowest BCUT2D eigenvalue weighted by Crippen LogP contribution is -2.15. The zero-order valence-electron chi connectivity index (χ0n) is 19.0. The maximum absolute atomic E-state index is 10.1. The third kappa shape index (κ3) is 57.2. The first-order valence-electron chi connectivity index (χ1n) is 9.41. The fourth-order valence-electron chi connectivity index (χ4n) is 0.810. The molecule has 156 valence electrons. The average Bonchev–Trinajstić information content (AvgIpc) is 2.73. The van der Waals surface area contributed by atoms with Crippen LogP contribution in [0, 0.1) is 0 Å². The van der Waals surface area contributed by atoms with Crippen molar-refractivity contribution in [3.63, 3.8) is 0 Å². The molecule has 4 heteroatoms. The molecule has 0 N–H and O–H groups in total. The van der Waals surface area contributed by atoms with Crippen molar-refractivity contribution >= 4 is 5.97 Å². The SMILES string of the molecule is C=CC(=O)OCC.CC.CC.CCN(C)CC.COC.c1ccccc1. The Bertz CT molecular complexity index is 286. The first-order chi connectivity index (χ1) is 12.5. The minimum atomic E-state index is -0.359. The number of benzene rings is 1. The van der Waals surface area contributed by atoms with E-state index in [-0.39, 0.29) is 5.97 Å². The molecule has 4 nitrogen and oxygen atoms in total.